The van der Waals surface area contributed by atoms with Gasteiger partial charge in [0, 0.05) is 6.42 Å². The van der Waals surface area contributed by atoms with Crippen LogP contribution < -0.4 is 10.5 Å². The molecule has 92 valence electrons. The van der Waals surface area contributed by atoms with E-state index in [1.54, 1.807) is 14.0 Å². The van der Waals surface area contributed by atoms with Gasteiger partial charge in [0.05, 0.1) is 13.2 Å². The van der Waals surface area contributed by atoms with Crippen LogP contribution in [0.1, 0.15) is 26.3 Å². The molecular formula is C13H23NO2. The van der Waals surface area contributed by atoms with Crippen LogP contribution in [-0.4, -0.2) is 24.4 Å². The standard InChI is InChI=1S/C10H14O2.C3H9N/c1-8(11)7-9-5-3-4-6-10(9)12-2;1-3(2)4/h3-6,8,11H,7H2,1-2H3;3H,4H2,1-2H3. The summed E-state index contributed by atoms with van der Waals surface area (Å²) in [5.74, 6) is 0.846. The quantitative estimate of drug-likeness (QED) is 0.827. The zero-order valence-corrected chi connectivity index (χ0v) is 10.6. The molecule has 0 radical (unpaired) electrons. The van der Waals surface area contributed by atoms with Crippen molar-refractivity contribution >= 4 is 0 Å². The summed E-state index contributed by atoms with van der Waals surface area (Å²) in [7, 11) is 1.64. The van der Waals surface area contributed by atoms with E-state index >= 15 is 0 Å². The van der Waals surface area contributed by atoms with E-state index in [4.69, 9.17) is 10.5 Å². The zero-order chi connectivity index (χ0) is 12.6. The molecule has 0 fully saturated rings. The number of hydrogen-bond acceptors (Lipinski definition) is 3. The van der Waals surface area contributed by atoms with Crippen molar-refractivity contribution in [1.82, 2.24) is 0 Å². The van der Waals surface area contributed by atoms with Crippen molar-refractivity contribution in [2.24, 2.45) is 5.73 Å². The molecule has 0 aliphatic carbocycles. The van der Waals surface area contributed by atoms with Crippen LogP contribution in [0.25, 0.3) is 0 Å². The summed E-state index contributed by atoms with van der Waals surface area (Å²) < 4.78 is 5.14. The van der Waals surface area contributed by atoms with Gasteiger partial charge in [-0.3, -0.25) is 0 Å². The van der Waals surface area contributed by atoms with Gasteiger partial charge < -0.3 is 15.6 Å². The van der Waals surface area contributed by atoms with Crippen LogP contribution in [0, 0.1) is 0 Å². The van der Waals surface area contributed by atoms with E-state index in [9.17, 15) is 5.11 Å². The lowest BCUT2D eigenvalue weighted by atomic mass is 10.1. The molecule has 3 heteroatoms. The average Bonchev–Trinajstić information content (AvgIpc) is 2.17. The fourth-order valence-corrected chi connectivity index (χ4v) is 1.19. The molecule has 0 heterocycles. The normalized spacial score (nSPS) is 11.7. The van der Waals surface area contributed by atoms with Crippen molar-refractivity contribution in [3.63, 3.8) is 0 Å². The van der Waals surface area contributed by atoms with Gasteiger partial charge in [0.1, 0.15) is 5.75 Å². The molecule has 0 amide bonds. The van der Waals surface area contributed by atoms with E-state index in [-0.39, 0.29) is 6.10 Å². The largest absolute Gasteiger partial charge is 0.496 e. The number of nitrogens with two attached hydrogens (primary N) is 1. The predicted octanol–water partition coefficient (Wildman–Crippen LogP) is 1.97. The second-order valence-electron chi connectivity index (χ2n) is 4.11. The highest BCUT2D eigenvalue weighted by atomic mass is 16.5. The fourth-order valence-electron chi connectivity index (χ4n) is 1.19. The third kappa shape index (κ3) is 7.26. The van der Waals surface area contributed by atoms with Crippen LogP contribution in [0.5, 0.6) is 5.75 Å². The molecule has 3 N–H and O–H groups in total. The lowest BCUT2D eigenvalue weighted by molar-refractivity contribution is 0.194. The van der Waals surface area contributed by atoms with Gasteiger partial charge in [0.25, 0.3) is 0 Å². The van der Waals surface area contributed by atoms with Gasteiger partial charge in [0.2, 0.25) is 0 Å². The third-order valence-corrected chi connectivity index (χ3v) is 1.71. The van der Waals surface area contributed by atoms with E-state index in [0.717, 1.165) is 11.3 Å². The highest BCUT2D eigenvalue weighted by Crippen LogP contribution is 2.18. The first-order chi connectivity index (χ1) is 7.47. The number of ether oxygens (including phenoxy) is 1. The molecule has 0 spiro atoms. The van der Waals surface area contributed by atoms with E-state index in [1.165, 1.54) is 0 Å². The Morgan fingerprint density at radius 3 is 2.19 bits per heavy atom. The molecule has 0 saturated carbocycles. The van der Waals surface area contributed by atoms with Crippen LogP contribution in [-0.2, 0) is 6.42 Å². The summed E-state index contributed by atoms with van der Waals surface area (Å²) >= 11 is 0. The van der Waals surface area contributed by atoms with Crippen molar-refractivity contribution in [2.75, 3.05) is 7.11 Å². The second kappa shape index (κ2) is 8.13. The van der Waals surface area contributed by atoms with Crippen molar-refractivity contribution in [3.8, 4) is 5.75 Å². The SMILES string of the molecule is CC(C)N.COc1ccccc1CC(C)O. The van der Waals surface area contributed by atoms with Crippen LogP contribution in [0.2, 0.25) is 0 Å². The highest BCUT2D eigenvalue weighted by molar-refractivity contribution is 5.33. The molecule has 1 rings (SSSR count). The first kappa shape index (κ1) is 14.9. The number of para-hydroxylation sites is 1. The maximum absolute atomic E-state index is 9.17. The molecule has 16 heavy (non-hydrogen) atoms. The minimum atomic E-state index is -0.318. The van der Waals surface area contributed by atoms with E-state index in [1.807, 2.05) is 38.1 Å². The van der Waals surface area contributed by atoms with Crippen LogP contribution in [0.15, 0.2) is 24.3 Å². The van der Waals surface area contributed by atoms with E-state index in [0.29, 0.717) is 12.5 Å². The van der Waals surface area contributed by atoms with E-state index in [2.05, 4.69) is 0 Å². The summed E-state index contributed by atoms with van der Waals surface area (Å²) in [6, 6.07) is 8.06. The van der Waals surface area contributed by atoms with Gasteiger partial charge in [-0.25, -0.2) is 0 Å². The van der Waals surface area contributed by atoms with Gasteiger partial charge in [0.15, 0.2) is 0 Å². The molecule has 0 bridgehead atoms. The first-order valence-electron chi connectivity index (χ1n) is 5.53. The zero-order valence-electron chi connectivity index (χ0n) is 10.6. The lowest BCUT2D eigenvalue weighted by Gasteiger charge is -2.08. The van der Waals surface area contributed by atoms with Crippen molar-refractivity contribution < 1.29 is 9.84 Å². The summed E-state index contributed by atoms with van der Waals surface area (Å²) in [6.07, 6.45) is 0.325. The molecule has 1 aromatic rings. The van der Waals surface area contributed by atoms with Crippen LogP contribution in [0.3, 0.4) is 0 Å². The van der Waals surface area contributed by atoms with E-state index < -0.39 is 0 Å². The third-order valence-electron chi connectivity index (χ3n) is 1.71. The second-order valence-corrected chi connectivity index (χ2v) is 4.11. The molecule has 0 aromatic heterocycles. The Labute approximate surface area is 98.2 Å². The molecule has 3 nitrogen and oxygen atoms in total. The van der Waals surface area contributed by atoms with Gasteiger partial charge in [-0.15, -0.1) is 0 Å². The minimum absolute atomic E-state index is 0.318. The van der Waals surface area contributed by atoms with Crippen molar-refractivity contribution in [3.05, 3.63) is 29.8 Å². The smallest absolute Gasteiger partial charge is 0.122 e. The number of methoxy groups -OCH3 is 1. The number of aliphatic hydroxyl groups is 1. The molecule has 0 aliphatic rings. The molecule has 1 aromatic carbocycles. The Hall–Kier alpha value is -1.06. The first-order valence-corrected chi connectivity index (χ1v) is 5.53. The molecule has 0 saturated heterocycles. The van der Waals surface area contributed by atoms with Gasteiger partial charge >= 0.3 is 0 Å². The number of aliphatic hydroxyl groups excluding tert-OH is 1. The Kier molecular flexibility index (Phi) is 7.60. The molecule has 1 unspecified atom stereocenters. The topological polar surface area (TPSA) is 55.5 Å². The van der Waals surface area contributed by atoms with Crippen LogP contribution >= 0.6 is 0 Å². The summed E-state index contributed by atoms with van der Waals surface area (Å²) in [6.45, 7) is 5.66. The molecule has 1 atom stereocenters. The Morgan fingerprint density at radius 1 is 1.25 bits per heavy atom. The highest BCUT2D eigenvalue weighted by Gasteiger charge is 2.03. The summed E-state index contributed by atoms with van der Waals surface area (Å²) in [5.41, 5.74) is 6.16. The Morgan fingerprint density at radius 2 is 1.75 bits per heavy atom. The van der Waals surface area contributed by atoms with Crippen LogP contribution in [0.4, 0.5) is 0 Å². The monoisotopic (exact) mass is 225 g/mol. The van der Waals surface area contributed by atoms with Crippen molar-refractivity contribution in [1.29, 1.82) is 0 Å². The minimum Gasteiger partial charge on any atom is -0.496 e. The van der Waals surface area contributed by atoms with Gasteiger partial charge in [-0.2, -0.15) is 0 Å². The number of benzene rings is 1. The number of hydrogen-bond donors (Lipinski definition) is 2. The summed E-state index contributed by atoms with van der Waals surface area (Å²) in [5, 5.41) is 9.17. The maximum atomic E-state index is 9.17. The summed E-state index contributed by atoms with van der Waals surface area (Å²) in [4.78, 5) is 0. The van der Waals surface area contributed by atoms with Gasteiger partial charge in [-0.1, -0.05) is 32.0 Å². The maximum Gasteiger partial charge on any atom is 0.122 e. The fraction of sp³-hybridized carbons (Fsp3) is 0.538. The number of rotatable bonds is 3. The predicted molar refractivity (Wildman–Crippen MR) is 67.7 cm³/mol. The average molecular weight is 225 g/mol. The molecule has 0 aliphatic heterocycles. The Bertz CT molecular complexity index is 282. The van der Waals surface area contributed by atoms with Gasteiger partial charge in [-0.05, 0) is 24.6 Å². The molecular weight excluding hydrogens is 202 g/mol. The lowest BCUT2D eigenvalue weighted by Crippen LogP contribution is -2.06. The Balaban J connectivity index is 0.000000487. The van der Waals surface area contributed by atoms with Crippen molar-refractivity contribution in [2.45, 2.75) is 39.3 Å².